The van der Waals surface area contributed by atoms with E-state index >= 15 is 4.39 Å². The molecule has 0 aliphatic rings. The maximum Gasteiger partial charge on any atom is 0.250 e. The molecule has 8 nitrogen and oxygen atoms in total. The first-order valence-electron chi connectivity index (χ1n) is 12.6. The third-order valence-electron chi connectivity index (χ3n) is 6.30. The molecule has 3 aromatic rings. The SMILES string of the molecule is CC[C@H](NS(=O)C(C)(C)C)c1cc(=O)n(C)cc1-c1cc(CCNS(=O)O)c(F)cc1C(=O)c1ccc(F)cc1. The maximum atomic E-state index is 15.3. The minimum atomic E-state index is -2.29. The fraction of sp³-hybridized carbons (Fsp3) is 0.357. The number of aryl methyl sites for hydroxylation is 1. The number of hydrogen-bond donors (Lipinski definition) is 3. The lowest BCUT2D eigenvalue weighted by Gasteiger charge is -2.26. The van der Waals surface area contributed by atoms with Crippen molar-refractivity contribution in [3.63, 3.8) is 0 Å². The summed E-state index contributed by atoms with van der Waals surface area (Å²) in [6.07, 6.45) is 2.02. The highest BCUT2D eigenvalue weighted by Crippen LogP contribution is 2.35. The standard InChI is InChI=1S/C28H33F2N3O5S2/c1-6-25(32-39(36)28(2,3)4)21-15-26(34)33(5)16-23(21)20-13-18(11-12-31-40(37)38)24(30)14-22(20)27(35)17-7-9-19(29)10-8-17/h7-10,13-16,25,31-32H,6,11-12H2,1-5H3,(H,37,38)/t25-,39?/m0/s1. The van der Waals surface area contributed by atoms with Gasteiger partial charge in [0.25, 0.3) is 5.56 Å². The first-order chi connectivity index (χ1) is 18.7. The molecule has 0 saturated heterocycles. The zero-order valence-electron chi connectivity index (χ0n) is 22.9. The second-order valence-corrected chi connectivity index (χ2v) is 13.1. The van der Waals surface area contributed by atoms with Crippen molar-refractivity contribution in [1.82, 2.24) is 14.0 Å². The summed E-state index contributed by atoms with van der Waals surface area (Å²) < 4.78 is 68.1. The van der Waals surface area contributed by atoms with Crippen LogP contribution in [0.1, 0.15) is 67.2 Å². The zero-order chi connectivity index (χ0) is 29.8. The van der Waals surface area contributed by atoms with Crippen LogP contribution in [0.25, 0.3) is 11.1 Å². The number of halogens is 2. The minimum absolute atomic E-state index is 0.0155. The van der Waals surface area contributed by atoms with Gasteiger partial charge in [-0.05, 0) is 86.7 Å². The lowest BCUT2D eigenvalue weighted by molar-refractivity contribution is 0.103. The number of rotatable bonds is 11. The van der Waals surface area contributed by atoms with Crippen LogP contribution in [0.15, 0.2) is 53.5 Å². The highest BCUT2D eigenvalue weighted by Gasteiger charge is 2.27. The quantitative estimate of drug-likeness (QED) is 0.226. The molecule has 2 unspecified atom stereocenters. The molecule has 0 radical (unpaired) electrons. The van der Waals surface area contributed by atoms with E-state index in [0.29, 0.717) is 23.1 Å². The Hall–Kier alpha value is -2.90. The van der Waals surface area contributed by atoms with Gasteiger partial charge in [0.15, 0.2) is 5.78 Å². The summed E-state index contributed by atoms with van der Waals surface area (Å²) in [5.41, 5.74) is 1.19. The Morgan fingerprint density at radius 1 is 1.07 bits per heavy atom. The monoisotopic (exact) mass is 593 g/mol. The fourth-order valence-corrected chi connectivity index (χ4v) is 5.26. The molecule has 0 bridgehead atoms. The van der Waals surface area contributed by atoms with Gasteiger partial charge >= 0.3 is 0 Å². The van der Waals surface area contributed by atoms with Crippen LogP contribution in [-0.2, 0) is 35.7 Å². The van der Waals surface area contributed by atoms with Crippen molar-refractivity contribution in [3.05, 3.63) is 92.9 Å². The number of ketones is 1. The molecule has 12 heteroatoms. The summed E-state index contributed by atoms with van der Waals surface area (Å²) >= 11 is -2.29. The van der Waals surface area contributed by atoms with Gasteiger partial charge in [0.1, 0.15) is 11.6 Å². The van der Waals surface area contributed by atoms with Gasteiger partial charge in [0.2, 0.25) is 11.3 Å². The second-order valence-electron chi connectivity index (χ2n) is 10.3. The number of nitrogens with one attached hydrogen (secondary N) is 2. The molecule has 0 amide bonds. The third-order valence-corrected chi connectivity index (χ3v) is 8.36. The summed E-state index contributed by atoms with van der Waals surface area (Å²) in [5, 5.41) is 0. The summed E-state index contributed by atoms with van der Waals surface area (Å²) in [7, 11) is 0.0558. The van der Waals surface area contributed by atoms with Gasteiger partial charge in [-0.25, -0.2) is 26.6 Å². The Kier molecular flexibility index (Phi) is 10.4. The molecule has 3 N–H and O–H groups in total. The van der Waals surface area contributed by atoms with Crippen LogP contribution in [0.4, 0.5) is 8.78 Å². The molecule has 0 aliphatic carbocycles. The van der Waals surface area contributed by atoms with Gasteiger partial charge in [-0.1, -0.05) is 6.92 Å². The van der Waals surface area contributed by atoms with Crippen LogP contribution in [0, 0.1) is 11.6 Å². The van der Waals surface area contributed by atoms with Crippen LogP contribution in [0.3, 0.4) is 0 Å². The molecule has 3 rings (SSSR count). The van der Waals surface area contributed by atoms with Gasteiger partial charge in [-0.2, -0.15) is 0 Å². The lowest BCUT2D eigenvalue weighted by Crippen LogP contribution is -2.36. The van der Waals surface area contributed by atoms with Crippen molar-refractivity contribution < 1.29 is 26.5 Å². The Morgan fingerprint density at radius 2 is 1.73 bits per heavy atom. The summed E-state index contributed by atoms with van der Waals surface area (Å²) in [6.45, 7) is 7.28. The summed E-state index contributed by atoms with van der Waals surface area (Å²) in [4.78, 5) is 26.4. The molecule has 216 valence electrons. The fourth-order valence-electron chi connectivity index (χ4n) is 4.08. The van der Waals surface area contributed by atoms with Crippen molar-refractivity contribution in [3.8, 4) is 11.1 Å². The summed E-state index contributed by atoms with van der Waals surface area (Å²) in [6, 6.07) is 8.29. The molecule has 2 aromatic carbocycles. The summed E-state index contributed by atoms with van der Waals surface area (Å²) in [5.74, 6) is -1.80. The number of carbonyl (C=O) groups is 1. The molecular weight excluding hydrogens is 560 g/mol. The predicted molar refractivity (Wildman–Crippen MR) is 153 cm³/mol. The van der Waals surface area contributed by atoms with E-state index in [0.717, 1.165) is 18.2 Å². The normalized spacial score (nSPS) is 14.1. The van der Waals surface area contributed by atoms with Gasteiger partial charge in [-0.15, -0.1) is 0 Å². The molecule has 1 aromatic heterocycles. The second kappa shape index (κ2) is 13.2. The van der Waals surface area contributed by atoms with E-state index in [4.69, 9.17) is 4.55 Å². The molecule has 0 saturated carbocycles. The molecule has 40 heavy (non-hydrogen) atoms. The Labute approximate surface area is 237 Å². The van der Waals surface area contributed by atoms with Crippen LogP contribution in [-0.4, -0.2) is 34.6 Å². The van der Waals surface area contributed by atoms with Crippen molar-refractivity contribution in [2.75, 3.05) is 6.54 Å². The highest BCUT2D eigenvalue weighted by molar-refractivity contribution is 7.84. The number of nitrogens with zero attached hydrogens (tertiary/aromatic N) is 1. The number of hydrogen-bond acceptors (Lipinski definition) is 4. The molecule has 1 heterocycles. The van der Waals surface area contributed by atoms with E-state index < -0.39 is 50.5 Å². The highest BCUT2D eigenvalue weighted by atomic mass is 32.2. The van der Waals surface area contributed by atoms with E-state index in [-0.39, 0.29) is 35.2 Å². The van der Waals surface area contributed by atoms with Crippen LogP contribution in [0.2, 0.25) is 0 Å². The van der Waals surface area contributed by atoms with Gasteiger partial charge in [0.05, 0.1) is 15.7 Å². The largest absolute Gasteiger partial charge is 0.318 e. The number of aromatic nitrogens is 1. The molecule has 0 spiro atoms. The molecule has 0 aliphatic heterocycles. The van der Waals surface area contributed by atoms with E-state index in [1.54, 1.807) is 13.2 Å². The van der Waals surface area contributed by atoms with Crippen molar-refractivity contribution in [2.24, 2.45) is 7.05 Å². The Bertz CT molecular complexity index is 1500. The Morgan fingerprint density at radius 3 is 2.30 bits per heavy atom. The predicted octanol–water partition coefficient (Wildman–Crippen LogP) is 4.33. The van der Waals surface area contributed by atoms with E-state index in [9.17, 15) is 22.4 Å². The first kappa shape index (κ1) is 31.6. The zero-order valence-corrected chi connectivity index (χ0v) is 24.6. The number of pyridine rings is 1. The van der Waals surface area contributed by atoms with Crippen molar-refractivity contribution in [2.45, 2.75) is 51.3 Å². The first-order valence-corrected chi connectivity index (χ1v) is 14.8. The third kappa shape index (κ3) is 7.64. The Balaban J connectivity index is 2.28. The maximum absolute atomic E-state index is 15.3. The van der Waals surface area contributed by atoms with Crippen LogP contribution >= 0.6 is 0 Å². The number of carbonyl (C=O) groups excluding carboxylic acids is 1. The molecular formula is C28H33F2N3O5S2. The number of benzene rings is 2. The lowest BCUT2D eigenvalue weighted by atomic mass is 9.88. The smallest absolute Gasteiger partial charge is 0.250 e. The van der Waals surface area contributed by atoms with Gasteiger partial charge in [-0.3, -0.25) is 14.1 Å². The van der Waals surface area contributed by atoms with E-state index in [1.165, 1.54) is 28.8 Å². The average Bonchev–Trinajstić information content (AvgIpc) is 2.88. The van der Waals surface area contributed by atoms with Crippen molar-refractivity contribution >= 4 is 28.0 Å². The average molecular weight is 594 g/mol. The van der Waals surface area contributed by atoms with Gasteiger partial charge in [0, 0.05) is 48.6 Å². The van der Waals surface area contributed by atoms with Gasteiger partial charge < -0.3 is 4.57 Å². The minimum Gasteiger partial charge on any atom is -0.318 e. The van der Waals surface area contributed by atoms with Crippen molar-refractivity contribution in [1.29, 1.82) is 0 Å². The van der Waals surface area contributed by atoms with E-state index in [1.807, 2.05) is 27.7 Å². The molecule has 3 atom stereocenters. The topological polar surface area (TPSA) is 118 Å². The van der Waals surface area contributed by atoms with Crippen LogP contribution < -0.4 is 15.0 Å². The van der Waals surface area contributed by atoms with Crippen LogP contribution in [0.5, 0.6) is 0 Å². The van der Waals surface area contributed by atoms with E-state index in [2.05, 4.69) is 9.44 Å². The molecule has 0 fully saturated rings.